The first-order chi connectivity index (χ1) is 18.8. The molecule has 0 saturated carbocycles. The fraction of sp³-hybridized carbons (Fsp3) is 0.600. The molecule has 0 aliphatic carbocycles. The molecule has 0 aromatic heterocycles. The number of hydrogen-bond acceptors (Lipinski definition) is 3. The molecular formula is C35H52O3. The van der Waals surface area contributed by atoms with Crippen molar-refractivity contribution in [3.8, 4) is 5.75 Å². The Labute approximate surface area is 231 Å². The quantitative estimate of drug-likeness (QED) is 0.106. The molecule has 210 valence electrons. The predicted octanol–water partition coefficient (Wildman–Crippen LogP) is 10.0. The summed E-state index contributed by atoms with van der Waals surface area (Å²) in [6, 6.07) is 18.7. The molecule has 1 atom stereocenters. The lowest BCUT2D eigenvalue weighted by molar-refractivity contribution is 0.0115. The summed E-state index contributed by atoms with van der Waals surface area (Å²) in [5.41, 5.74) is 0. The van der Waals surface area contributed by atoms with E-state index in [1.165, 1.54) is 96.3 Å². The van der Waals surface area contributed by atoms with Crippen LogP contribution in [-0.4, -0.2) is 31.0 Å². The van der Waals surface area contributed by atoms with Crippen molar-refractivity contribution in [3.05, 3.63) is 54.6 Å². The van der Waals surface area contributed by atoms with E-state index in [0.29, 0.717) is 13.2 Å². The first-order valence-corrected chi connectivity index (χ1v) is 15.6. The maximum Gasteiger partial charge on any atom is 0.135 e. The summed E-state index contributed by atoms with van der Waals surface area (Å²) in [4.78, 5) is 0. The SMILES string of the molecule is CCCCCCCCCCCCCCCCCCOCC(O)COc1c2ccccc2cc2ccccc12. The third-order valence-corrected chi connectivity index (χ3v) is 7.59. The van der Waals surface area contributed by atoms with E-state index >= 15 is 0 Å². The van der Waals surface area contributed by atoms with Gasteiger partial charge in [0.15, 0.2) is 0 Å². The van der Waals surface area contributed by atoms with E-state index in [-0.39, 0.29) is 6.61 Å². The molecule has 0 aliphatic heterocycles. The summed E-state index contributed by atoms with van der Waals surface area (Å²) >= 11 is 0. The number of aliphatic hydroxyl groups is 1. The molecule has 0 aliphatic rings. The smallest absolute Gasteiger partial charge is 0.135 e. The van der Waals surface area contributed by atoms with Gasteiger partial charge >= 0.3 is 0 Å². The van der Waals surface area contributed by atoms with Crippen LogP contribution in [0.5, 0.6) is 5.75 Å². The maximum absolute atomic E-state index is 10.4. The average Bonchev–Trinajstić information content (AvgIpc) is 2.94. The highest BCUT2D eigenvalue weighted by atomic mass is 16.5. The molecule has 3 aromatic carbocycles. The summed E-state index contributed by atoms with van der Waals surface area (Å²) in [7, 11) is 0. The van der Waals surface area contributed by atoms with E-state index in [1.807, 2.05) is 24.3 Å². The van der Waals surface area contributed by atoms with Crippen LogP contribution in [0, 0.1) is 0 Å². The Morgan fingerprint density at radius 1 is 0.579 bits per heavy atom. The minimum atomic E-state index is -0.631. The van der Waals surface area contributed by atoms with Crippen LogP contribution >= 0.6 is 0 Å². The molecule has 3 heteroatoms. The van der Waals surface area contributed by atoms with Crippen molar-refractivity contribution in [2.75, 3.05) is 19.8 Å². The fourth-order valence-corrected chi connectivity index (χ4v) is 5.33. The Morgan fingerprint density at radius 3 is 1.53 bits per heavy atom. The maximum atomic E-state index is 10.4. The van der Waals surface area contributed by atoms with Gasteiger partial charge < -0.3 is 14.6 Å². The van der Waals surface area contributed by atoms with Gasteiger partial charge in [-0.05, 0) is 23.3 Å². The molecule has 0 radical (unpaired) electrons. The molecule has 3 rings (SSSR count). The first-order valence-electron chi connectivity index (χ1n) is 15.6. The summed E-state index contributed by atoms with van der Waals surface area (Å²) < 4.78 is 11.9. The summed E-state index contributed by atoms with van der Waals surface area (Å²) in [6.45, 7) is 3.56. The van der Waals surface area contributed by atoms with Gasteiger partial charge in [-0.2, -0.15) is 0 Å². The van der Waals surface area contributed by atoms with E-state index in [4.69, 9.17) is 9.47 Å². The lowest BCUT2D eigenvalue weighted by Crippen LogP contribution is -2.23. The van der Waals surface area contributed by atoms with Crippen molar-refractivity contribution in [2.45, 2.75) is 116 Å². The molecule has 3 aromatic rings. The average molecular weight is 521 g/mol. The Bertz CT molecular complexity index is 960. The fourth-order valence-electron chi connectivity index (χ4n) is 5.33. The Morgan fingerprint density at radius 2 is 1.03 bits per heavy atom. The Kier molecular flexibility index (Phi) is 15.3. The van der Waals surface area contributed by atoms with Gasteiger partial charge in [-0.3, -0.25) is 0 Å². The predicted molar refractivity (Wildman–Crippen MR) is 163 cm³/mol. The second-order valence-electron chi connectivity index (χ2n) is 11.0. The van der Waals surface area contributed by atoms with Gasteiger partial charge in [0.2, 0.25) is 0 Å². The van der Waals surface area contributed by atoms with Crippen molar-refractivity contribution >= 4 is 21.5 Å². The Balaban J connectivity index is 1.17. The molecule has 1 N–H and O–H groups in total. The zero-order valence-corrected chi connectivity index (χ0v) is 24.0. The number of hydrogen-bond donors (Lipinski definition) is 1. The topological polar surface area (TPSA) is 38.7 Å². The van der Waals surface area contributed by atoms with Crippen LogP contribution in [0.25, 0.3) is 21.5 Å². The second kappa shape index (κ2) is 19.0. The van der Waals surface area contributed by atoms with Gasteiger partial charge in [-0.1, -0.05) is 152 Å². The van der Waals surface area contributed by atoms with E-state index in [9.17, 15) is 5.11 Å². The van der Waals surface area contributed by atoms with Crippen molar-refractivity contribution in [1.29, 1.82) is 0 Å². The molecule has 1 unspecified atom stereocenters. The summed E-state index contributed by atoms with van der Waals surface area (Å²) in [6.07, 6.45) is 21.3. The molecule has 0 saturated heterocycles. The van der Waals surface area contributed by atoms with Crippen LogP contribution in [0.1, 0.15) is 110 Å². The van der Waals surface area contributed by atoms with E-state index in [1.54, 1.807) is 0 Å². The highest BCUT2D eigenvalue weighted by Gasteiger charge is 2.11. The van der Waals surface area contributed by atoms with Crippen molar-refractivity contribution < 1.29 is 14.6 Å². The van der Waals surface area contributed by atoms with Crippen molar-refractivity contribution in [1.82, 2.24) is 0 Å². The third-order valence-electron chi connectivity index (χ3n) is 7.59. The summed E-state index contributed by atoms with van der Waals surface area (Å²) in [5.74, 6) is 0.843. The number of fused-ring (bicyclic) bond motifs is 2. The van der Waals surface area contributed by atoms with Gasteiger partial charge in [0.05, 0.1) is 6.61 Å². The molecule has 0 heterocycles. The van der Waals surface area contributed by atoms with Gasteiger partial charge in [0.1, 0.15) is 18.5 Å². The monoisotopic (exact) mass is 520 g/mol. The van der Waals surface area contributed by atoms with Crippen molar-refractivity contribution in [2.24, 2.45) is 0 Å². The number of unbranched alkanes of at least 4 members (excludes halogenated alkanes) is 15. The Hall–Kier alpha value is -2.10. The largest absolute Gasteiger partial charge is 0.489 e. The van der Waals surface area contributed by atoms with Crippen LogP contribution in [0.15, 0.2) is 54.6 Å². The van der Waals surface area contributed by atoms with Gasteiger partial charge in [0.25, 0.3) is 0 Å². The van der Waals surface area contributed by atoms with E-state index in [2.05, 4.69) is 37.3 Å². The van der Waals surface area contributed by atoms with E-state index in [0.717, 1.165) is 33.7 Å². The van der Waals surface area contributed by atoms with Crippen LogP contribution in [0.3, 0.4) is 0 Å². The lowest BCUT2D eigenvalue weighted by Gasteiger charge is -2.16. The highest BCUT2D eigenvalue weighted by molar-refractivity contribution is 6.05. The van der Waals surface area contributed by atoms with Crippen LogP contribution < -0.4 is 4.74 Å². The second-order valence-corrected chi connectivity index (χ2v) is 11.0. The van der Waals surface area contributed by atoms with Crippen LogP contribution in [0.2, 0.25) is 0 Å². The zero-order valence-electron chi connectivity index (χ0n) is 24.0. The van der Waals surface area contributed by atoms with Gasteiger partial charge in [0, 0.05) is 17.4 Å². The van der Waals surface area contributed by atoms with Gasteiger partial charge in [-0.15, -0.1) is 0 Å². The third kappa shape index (κ3) is 11.3. The number of aliphatic hydroxyl groups excluding tert-OH is 1. The molecule has 0 fully saturated rings. The lowest BCUT2D eigenvalue weighted by atomic mass is 10.0. The molecule has 0 amide bonds. The molecule has 3 nitrogen and oxygen atoms in total. The number of benzene rings is 3. The highest BCUT2D eigenvalue weighted by Crippen LogP contribution is 2.34. The van der Waals surface area contributed by atoms with E-state index < -0.39 is 6.10 Å². The number of ether oxygens (including phenoxy) is 2. The molecule has 38 heavy (non-hydrogen) atoms. The van der Waals surface area contributed by atoms with Crippen LogP contribution in [0.4, 0.5) is 0 Å². The zero-order chi connectivity index (χ0) is 26.7. The normalized spacial score (nSPS) is 12.4. The summed E-state index contributed by atoms with van der Waals surface area (Å²) in [5, 5.41) is 14.9. The first kappa shape index (κ1) is 30.4. The van der Waals surface area contributed by atoms with Crippen molar-refractivity contribution in [3.63, 3.8) is 0 Å². The standard InChI is InChI=1S/C35H52O3/c1-2-3-4-5-6-7-8-9-10-11-12-13-14-15-16-21-26-37-28-32(36)29-38-35-33-24-19-17-22-30(33)27-31-23-18-20-25-34(31)35/h17-20,22-25,27,32,36H,2-16,21,26,28-29H2,1H3. The minimum absolute atomic E-state index is 0.233. The minimum Gasteiger partial charge on any atom is -0.489 e. The molecule has 0 spiro atoms. The van der Waals surface area contributed by atoms with Gasteiger partial charge in [-0.25, -0.2) is 0 Å². The number of rotatable bonds is 22. The van der Waals surface area contributed by atoms with Crippen LogP contribution in [-0.2, 0) is 4.74 Å². The molecule has 0 bridgehead atoms. The molecular weight excluding hydrogens is 468 g/mol.